The van der Waals surface area contributed by atoms with Gasteiger partial charge in [0.05, 0.1) is 48.1 Å². The van der Waals surface area contributed by atoms with Crippen LogP contribution >= 0.6 is 0 Å². The standard InChI is InChI=1S/C23H25F4N7O2/c1-12-11-34(17(14(3)36-12)8-30-19-10-29-18(9-31-19)23(25,26)27)22(35)21-20(13(2)33(4)32-21)16-6-5-15(24)7-28-16/h5-7,9-10,12,14,17H,8,11H2,1-4H3,(H,30,31)/t12-,14+,17-/m1/s1/i4D3. The Balaban J connectivity index is 1.68. The number of amides is 1. The number of pyridine rings is 1. The second-order valence-corrected chi connectivity index (χ2v) is 8.42. The Bertz CT molecular complexity index is 1330. The van der Waals surface area contributed by atoms with Crippen LogP contribution in [0.4, 0.5) is 23.4 Å². The number of ether oxygens (including phenoxy) is 1. The van der Waals surface area contributed by atoms with Gasteiger partial charge >= 0.3 is 6.18 Å². The lowest BCUT2D eigenvalue weighted by atomic mass is 10.0. The minimum absolute atomic E-state index is 0.0305. The molecule has 9 nitrogen and oxygen atoms in total. The van der Waals surface area contributed by atoms with E-state index >= 15 is 0 Å². The van der Waals surface area contributed by atoms with Gasteiger partial charge in [0.2, 0.25) is 0 Å². The predicted octanol–water partition coefficient (Wildman–Crippen LogP) is 3.47. The summed E-state index contributed by atoms with van der Waals surface area (Å²) in [6.07, 6.45) is -3.06. The van der Waals surface area contributed by atoms with Crippen molar-refractivity contribution in [2.45, 2.75) is 45.2 Å². The molecular weight excluding hydrogens is 482 g/mol. The minimum atomic E-state index is -4.63. The third-order valence-corrected chi connectivity index (χ3v) is 5.84. The zero-order valence-electron chi connectivity index (χ0n) is 22.5. The van der Waals surface area contributed by atoms with Gasteiger partial charge in [-0.1, -0.05) is 0 Å². The molecule has 4 heterocycles. The van der Waals surface area contributed by atoms with Gasteiger partial charge < -0.3 is 15.0 Å². The molecule has 1 fully saturated rings. The fourth-order valence-corrected chi connectivity index (χ4v) is 4.07. The molecule has 0 unspecified atom stereocenters. The average molecular weight is 511 g/mol. The van der Waals surface area contributed by atoms with Crippen LogP contribution in [-0.2, 0) is 17.9 Å². The highest BCUT2D eigenvalue weighted by Crippen LogP contribution is 2.30. The number of anilines is 1. The molecule has 36 heavy (non-hydrogen) atoms. The van der Waals surface area contributed by atoms with E-state index in [1.807, 2.05) is 0 Å². The summed E-state index contributed by atoms with van der Waals surface area (Å²) in [4.78, 5) is 26.6. The lowest BCUT2D eigenvalue weighted by molar-refractivity contribution is -0.141. The summed E-state index contributed by atoms with van der Waals surface area (Å²) in [7, 11) is 0. The molecule has 4 rings (SSSR count). The molecule has 0 radical (unpaired) electrons. The SMILES string of the molecule is [2H]C([2H])([2H])n1nc(C(=O)N2C[C@@H](C)O[C@@H](C)[C@H]2CNc2cnc(C(F)(F)F)cn2)c(-c2ccc(F)cn2)c1C. The number of aromatic nitrogens is 5. The van der Waals surface area contributed by atoms with Gasteiger partial charge in [-0.25, -0.2) is 14.4 Å². The number of nitrogens with zero attached hydrogens (tertiary/aromatic N) is 6. The predicted molar refractivity (Wildman–Crippen MR) is 121 cm³/mol. The van der Waals surface area contributed by atoms with Crippen molar-refractivity contribution < 1.29 is 31.2 Å². The van der Waals surface area contributed by atoms with E-state index in [1.54, 1.807) is 13.8 Å². The Morgan fingerprint density at radius 1 is 1.22 bits per heavy atom. The van der Waals surface area contributed by atoms with Crippen molar-refractivity contribution in [3.8, 4) is 11.3 Å². The molecule has 0 saturated carbocycles. The Hall–Kier alpha value is -3.61. The topological polar surface area (TPSA) is 98.1 Å². The number of morpholine rings is 1. The fourth-order valence-electron chi connectivity index (χ4n) is 4.07. The summed E-state index contributed by atoms with van der Waals surface area (Å²) >= 11 is 0. The van der Waals surface area contributed by atoms with Crippen LogP contribution in [0, 0.1) is 12.7 Å². The van der Waals surface area contributed by atoms with Gasteiger partial charge in [-0.2, -0.15) is 18.3 Å². The molecule has 0 aromatic carbocycles. The van der Waals surface area contributed by atoms with Crippen molar-refractivity contribution in [1.29, 1.82) is 0 Å². The number of carbonyl (C=O) groups excluding carboxylic acids is 1. The third-order valence-electron chi connectivity index (χ3n) is 5.84. The van der Waals surface area contributed by atoms with Crippen molar-refractivity contribution in [3.05, 3.63) is 53.6 Å². The molecule has 1 amide bonds. The normalized spacial score (nSPS) is 22.0. The van der Waals surface area contributed by atoms with Crippen LogP contribution in [0.1, 0.15) is 39.8 Å². The molecule has 0 aliphatic carbocycles. The highest BCUT2D eigenvalue weighted by molar-refractivity contribution is 5.99. The number of aryl methyl sites for hydroxylation is 1. The quantitative estimate of drug-likeness (QED) is 0.525. The van der Waals surface area contributed by atoms with Gasteiger partial charge in [0.1, 0.15) is 11.6 Å². The van der Waals surface area contributed by atoms with Crippen LogP contribution in [0.15, 0.2) is 30.7 Å². The van der Waals surface area contributed by atoms with Crippen molar-refractivity contribution in [2.75, 3.05) is 18.4 Å². The maximum atomic E-state index is 13.9. The Morgan fingerprint density at radius 3 is 2.61 bits per heavy atom. The van der Waals surface area contributed by atoms with Crippen LogP contribution in [-0.4, -0.2) is 66.9 Å². The molecular formula is C23H25F4N7O2. The van der Waals surface area contributed by atoms with E-state index in [2.05, 4.69) is 25.4 Å². The molecule has 0 spiro atoms. The highest BCUT2D eigenvalue weighted by Gasteiger charge is 2.38. The molecule has 1 aliphatic heterocycles. The molecule has 3 atom stereocenters. The van der Waals surface area contributed by atoms with Crippen molar-refractivity contribution in [3.63, 3.8) is 0 Å². The van der Waals surface area contributed by atoms with Gasteiger partial charge in [-0.05, 0) is 32.9 Å². The van der Waals surface area contributed by atoms with Crippen molar-refractivity contribution in [1.82, 2.24) is 29.6 Å². The smallest absolute Gasteiger partial charge is 0.372 e. The second-order valence-electron chi connectivity index (χ2n) is 8.42. The Kier molecular flexibility index (Phi) is 5.89. The fraction of sp³-hybridized carbons (Fsp3) is 0.435. The molecule has 1 aliphatic rings. The number of hydrogen-bond acceptors (Lipinski definition) is 7. The molecule has 3 aromatic rings. The van der Waals surface area contributed by atoms with E-state index in [9.17, 15) is 22.4 Å². The van der Waals surface area contributed by atoms with Gasteiger partial charge in [0, 0.05) is 29.9 Å². The van der Waals surface area contributed by atoms with Gasteiger partial charge in [-0.3, -0.25) is 14.5 Å². The van der Waals surface area contributed by atoms with E-state index in [4.69, 9.17) is 8.85 Å². The first-order chi connectivity index (χ1) is 18.2. The molecule has 1 saturated heterocycles. The second kappa shape index (κ2) is 9.80. The number of halogens is 4. The average Bonchev–Trinajstić information content (AvgIpc) is 3.20. The molecule has 3 aromatic heterocycles. The van der Waals surface area contributed by atoms with Crippen LogP contribution in [0.2, 0.25) is 0 Å². The van der Waals surface area contributed by atoms with E-state index in [0.29, 0.717) is 6.20 Å². The van der Waals surface area contributed by atoms with E-state index < -0.39 is 42.7 Å². The van der Waals surface area contributed by atoms with Crippen LogP contribution in [0.3, 0.4) is 0 Å². The Labute approximate surface area is 208 Å². The van der Waals surface area contributed by atoms with Crippen LogP contribution < -0.4 is 5.32 Å². The summed E-state index contributed by atoms with van der Waals surface area (Å²) in [6.45, 7) is 2.41. The Morgan fingerprint density at radius 2 is 2.00 bits per heavy atom. The lowest BCUT2D eigenvalue weighted by Gasteiger charge is -2.42. The van der Waals surface area contributed by atoms with Gasteiger partial charge in [0.15, 0.2) is 11.4 Å². The molecule has 0 bridgehead atoms. The number of alkyl halides is 3. The molecule has 1 N–H and O–H groups in total. The largest absolute Gasteiger partial charge is 0.434 e. The summed E-state index contributed by atoms with van der Waals surface area (Å²) in [5.41, 5.74) is -0.889. The van der Waals surface area contributed by atoms with E-state index in [1.165, 1.54) is 17.9 Å². The third kappa shape index (κ3) is 5.15. The summed E-state index contributed by atoms with van der Waals surface area (Å²) in [5, 5.41) is 7.01. The monoisotopic (exact) mass is 510 g/mol. The van der Waals surface area contributed by atoms with Crippen LogP contribution in [0.25, 0.3) is 11.3 Å². The number of carbonyl (C=O) groups is 1. The van der Waals surface area contributed by atoms with Gasteiger partial charge in [0.25, 0.3) is 5.91 Å². The van der Waals surface area contributed by atoms with Gasteiger partial charge in [-0.15, -0.1) is 0 Å². The highest BCUT2D eigenvalue weighted by atomic mass is 19.4. The summed E-state index contributed by atoms with van der Waals surface area (Å²) < 4.78 is 82.2. The van der Waals surface area contributed by atoms with Crippen molar-refractivity contribution in [2.24, 2.45) is 6.98 Å². The first kappa shape index (κ1) is 21.7. The maximum Gasteiger partial charge on any atom is 0.434 e. The van der Waals surface area contributed by atoms with Crippen molar-refractivity contribution >= 4 is 11.7 Å². The van der Waals surface area contributed by atoms with Crippen LogP contribution in [0.5, 0.6) is 0 Å². The first-order valence-corrected chi connectivity index (χ1v) is 11.0. The first-order valence-electron chi connectivity index (χ1n) is 12.5. The van der Waals surface area contributed by atoms with E-state index in [0.717, 1.165) is 23.1 Å². The minimum Gasteiger partial charge on any atom is -0.372 e. The summed E-state index contributed by atoms with van der Waals surface area (Å²) in [5.74, 6) is -1.17. The zero-order chi connectivity index (χ0) is 28.7. The summed E-state index contributed by atoms with van der Waals surface area (Å²) in [6, 6.07) is 1.82. The zero-order valence-corrected chi connectivity index (χ0v) is 19.5. The molecule has 192 valence electrons. The molecule has 13 heteroatoms. The lowest BCUT2D eigenvalue weighted by Crippen LogP contribution is -2.58. The number of rotatable bonds is 5. The number of hydrogen-bond donors (Lipinski definition) is 1. The maximum absolute atomic E-state index is 13.9. The number of nitrogens with one attached hydrogen (secondary N) is 1. The van der Waals surface area contributed by atoms with E-state index in [-0.39, 0.29) is 47.7 Å².